The van der Waals surface area contributed by atoms with Crippen LogP contribution in [0.5, 0.6) is 0 Å². The SMILES string of the molecule is Cc1ccc(NC(=O)CSc2nc3c(sc4ncccc43)c(=O)n2Cc2ccc(F)cc2)cc1C. The van der Waals surface area contributed by atoms with E-state index < -0.39 is 0 Å². The Kier molecular flexibility index (Phi) is 6.36. The predicted molar refractivity (Wildman–Crippen MR) is 140 cm³/mol. The second kappa shape index (κ2) is 9.59. The van der Waals surface area contributed by atoms with E-state index in [1.807, 2.05) is 44.2 Å². The number of aromatic nitrogens is 3. The van der Waals surface area contributed by atoms with Crippen LogP contribution in [0.15, 0.2) is 70.7 Å². The number of aryl methyl sites for hydroxylation is 2. The Bertz CT molecular complexity index is 1630. The van der Waals surface area contributed by atoms with Gasteiger partial charge in [0, 0.05) is 17.3 Å². The molecular formula is C26H21FN4O2S2. The number of nitrogens with one attached hydrogen (secondary N) is 1. The summed E-state index contributed by atoms with van der Waals surface area (Å²) in [6.45, 7) is 4.22. The molecule has 6 nitrogen and oxygen atoms in total. The zero-order chi connectivity index (χ0) is 24.5. The monoisotopic (exact) mass is 504 g/mol. The summed E-state index contributed by atoms with van der Waals surface area (Å²) >= 11 is 2.49. The quantitative estimate of drug-likeness (QED) is 0.243. The van der Waals surface area contributed by atoms with Crippen molar-refractivity contribution in [1.82, 2.24) is 14.5 Å². The largest absolute Gasteiger partial charge is 0.325 e. The molecule has 1 amide bonds. The Morgan fingerprint density at radius 1 is 1.11 bits per heavy atom. The number of hydrogen-bond acceptors (Lipinski definition) is 6. The topological polar surface area (TPSA) is 76.9 Å². The van der Waals surface area contributed by atoms with Crippen LogP contribution in [0.3, 0.4) is 0 Å². The highest BCUT2D eigenvalue weighted by molar-refractivity contribution is 7.99. The van der Waals surface area contributed by atoms with Crippen molar-refractivity contribution < 1.29 is 9.18 Å². The summed E-state index contributed by atoms with van der Waals surface area (Å²) in [7, 11) is 0. The molecule has 0 fully saturated rings. The minimum Gasteiger partial charge on any atom is -0.325 e. The Labute approximate surface area is 208 Å². The molecule has 3 aromatic heterocycles. The molecule has 0 bridgehead atoms. The summed E-state index contributed by atoms with van der Waals surface area (Å²) in [6, 6.07) is 15.4. The standard InChI is InChI=1S/C26H21FN4O2S2/c1-15-5-10-19(12-16(15)2)29-21(32)14-34-26-30-22-20-4-3-11-28-24(20)35-23(22)25(33)31(26)13-17-6-8-18(27)9-7-17/h3-12H,13-14H2,1-2H3,(H,29,32). The summed E-state index contributed by atoms with van der Waals surface area (Å²) in [5.74, 6) is -0.463. The van der Waals surface area contributed by atoms with Gasteiger partial charge in [0.05, 0.1) is 17.8 Å². The Morgan fingerprint density at radius 3 is 2.69 bits per heavy atom. The first kappa shape index (κ1) is 23.2. The molecule has 176 valence electrons. The number of benzene rings is 2. The maximum atomic E-state index is 13.5. The number of carbonyl (C=O) groups excluding carboxylic acids is 1. The fourth-order valence-electron chi connectivity index (χ4n) is 3.71. The van der Waals surface area contributed by atoms with E-state index >= 15 is 0 Å². The van der Waals surface area contributed by atoms with Gasteiger partial charge in [-0.05, 0) is 66.9 Å². The van der Waals surface area contributed by atoms with Crippen LogP contribution in [-0.4, -0.2) is 26.2 Å². The van der Waals surface area contributed by atoms with E-state index in [0.717, 1.165) is 32.6 Å². The van der Waals surface area contributed by atoms with Crippen molar-refractivity contribution in [2.75, 3.05) is 11.1 Å². The van der Waals surface area contributed by atoms with Crippen molar-refractivity contribution in [3.8, 4) is 0 Å². The fourth-order valence-corrected chi connectivity index (χ4v) is 5.53. The maximum Gasteiger partial charge on any atom is 0.272 e. The summed E-state index contributed by atoms with van der Waals surface area (Å²) < 4.78 is 15.5. The van der Waals surface area contributed by atoms with E-state index in [1.165, 1.54) is 35.2 Å². The molecular weight excluding hydrogens is 483 g/mol. The molecule has 0 aliphatic carbocycles. The lowest BCUT2D eigenvalue weighted by atomic mass is 10.1. The highest BCUT2D eigenvalue weighted by Gasteiger charge is 2.18. The Morgan fingerprint density at radius 2 is 1.91 bits per heavy atom. The van der Waals surface area contributed by atoms with Gasteiger partial charge in [0.25, 0.3) is 5.56 Å². The van der Waals surface area contributed by atoms with Gasteiger partial charge in [-0.3, -0.25) is 14.2 Å². The molecule has 0 spiro atoms. The molecule has 9 heteroatoms. The molecule has 3 heterocycles. The molecule has 0 radical (unpaired) electrons. The van der Waals surface area contributed by atoms with Gasteiger partial charge in [-0.15, -0.1) is 11.3 Å². The van der Waals surface area contributed by atoms with E-state index in [4.69, 9.17) is 4.98 Å². The van der Waals surface area contributed by atoms with E-state index in [0.29, 0.717) is 15.4 Å². The first-order valence-corrected chi connectivity index (χ1v) is 12.7. The van der Waals surface area contributed by atoms with Crippen LogP contribution in [0.25, 0.3) is 20.4 Å². The highest BCUT2D eigenvalue weighted by Crippen LogP contribution is 2.30. The third-order valence-electron chi connectivity index (χ3n) is 5.69. The molecule has 5 rings (SSSR count). The molecule has 5 aromatic rings. The van der Waals surface area contributed by atoms with E-state index in [2.05, 4.69) is 10.3 Å². The predicted octanol–water partition coefficient (Wildman–Crippen LogP) is 5.54. The van der Waals surface area contributed by atoms with Crippen molar-refractivity contribution in [3.63, 3.8) is 0 Å². The minimum atomic E-state index is -0.345. The molecule has 0 saturated carbocycles. The number of nitrogens with zero attached hydrogens (tertiary/aromatic N) is 3. The minimum absolute atomic E-state index is 0.0780. The molecule has 0 saturated heterocycles. The number of pyridine rings is 1. The highest BCUT2D eigenvalue weighted by atomic mass is 32.2. The number of hydrogen-bond donors (Lipinski definition) is 1. The van der Waals surface area contributed by atoms with Crippen LogP contribution >= 0.6 is 23.1 Å². The van der Waals surface area contributed by atoms with Crippen LogP contribution in [0, 0.1) is 19.7 Å². The van der Waals surface area contributed by atoms with Crippen molar-refractivity contribution in [3.05, 3.63) is 93.7 Å². The number of fused-ring (bicyclic) bond motifs is 3. The van der Waals surface area contributed by atoms with Gasteiger partial charge in [0.15, 0.2) is 5.16 Å². The fraction of sp³-hybridized carbons (Fsp3) is 0.154. The van der Waals surface area contributed by atoms with Gasteiger partial charge in [0.2, 0.25) is 5.91 Å². The van der Waals surface area contributed by atoms with Gasteiger partial charge >= 0.3 is 0 Å². The van der Waals surface area contributed by atoms with Crippen LogP contribution in [0.1, 0.15) is 16.7 Å². The lowest BCUT2D eigenvalue weighted by molar-refractivity contribution is -0.113. The zero-order valence-electron chi connectivity index (χ0n) is 19.0. The molecule has 0 unspecified atom stereocenters. The van der Waals surface area contributed by atoms with Gasteiger partial charge in [-0.2, -0.15) is 0 Å². The average Bonchev–Trinajstić information content (AvgIpc) is 3.22. The van der Waals surface area contributed by atoms with Crippen LogP contribution in [0.2, 0.25) is 0 Å². The number of carbonyl (C=O) groups is 1. The van der Waals surface area contributed by atoms with Crippen LogP contribution in [-0.2, 0) is 11.3 Å². The second-order valence-electron chi connectivity index (χ2n) is 8.18. The van der Waals surface area contributed by atoms with Crippen molar-refractivity contribution in [1.29, 1.82) is 0 Å². The summed E-state index contributed by atoms with van der Waals surface area (Å²) in [6.07, 6.45) is 1.68. The summed E-state index contributed by atoms with van der Waals surface area (Å²) in [4.78, 5) is 36.1. The molecule has 35 heavy (non-hydrogen) atoms. The first-order chi connectivity index (χ1) is 16.9. The van der Waals surface area contributed by atoms with Gasteiger partial charge < -0.3 is 5.32 Å². The summed E-state index contributed by atoms with van der Waals surface area (Å²) in [5.41, 5.74) is 4.09. The second-order valence-corrected chi connectivity index (χ2v) is 10.1. The summed E-state index contributed by atoms with van der Waals surface area (Å²) in [5, 5.41) is 4.13. The zero-order valence-corrected chi connectivity index (χ0v) is 20.7. The van der Waals surface area contributed by atoms with Crippen LogP contribution in [0.4, 0.5) is 10.1 Å². The average molecular weight is 505 g/mol. The van der Waals surface area contributed by atoms with Gasteiger partial charge in [-0.25, -0.2) is 14.4 Å². The molecule has 2 aromatic carbocycles. The number of anilines is 1. The normalized spacial score (nSPS) is 11.3. The van der Waals surface area contributed by atoms with E-state index in [9.17, 15) is 14.0 Å². The third kappa shape index (κ3) is 4.82. The number of rotatable bonds is 6. The Balaban J connectivity index is 1.49. The number of amides is 1. The first-order valence-electron chi connectivity index (χ1n) is 10.9. The third-order valence-corrected chi connectivity index (χ3v) is 7.76. The smallest absolute Gasteiger partial charge is 0.272 e. The number of thiophene rings is 1. The lowest BCUT2D eigenvalue weighted by Gasteiger charge is -2.13. The van der Waals surface area contributed by atoms with Crippen LogP contribution < -0.4 is 10.9 Å². The van der Waals surface area contributed by atoms with Gasteiger partial charge in [0.1, 0.15) is 15.3 Å². The van der Waals surface area contributed by atoms with E-state index in [-0.39, 0.29) is 29.6 Å². The van der Waals surface area contributed by atoms with Crippen molar-refractivity contribution in [2.24, 2.45) is 0 Å². The molecule has 0 atom stereocenters. The molecule has 0 aliphatic rings. The molecule has 1 N–H and O–H groups in total. The van der Waals surface area contributed by atoms with Crippen molar-refractivity contribution in [2.45, 2.75) is 25.5 Å². The number of thioether (sulfide) groups is 1. The maximum absolute atomic E-state index is 13.5. The number of halogens is 1. The lowest BCUT2D eigenvalue weighted by Crippen LogP contribution is -2.24. The van der Waals surface area contributed by atoms with E-state index in [1.54, 1.807) is 22.9 Å². The van der Waals surface area contributed by atoms with Gasteiger partial charge in [-0.1, -0.05) is 30.0 Å². The molecule has 0 aliphatic heterocycles. The van der Waals surface area contributed by atoms with Crippen molar-refractivity contribution >= 4 is 55.1 Å². The Hall–Kier alpha value is -3.56.